The molecule has 0 spiro atoms. The Labute approximate surface area is 114 Å². The third-order valence-corrected chi connectivity index (χ3v) is 2.40. The number of hydrogen-bond donors (Lipinski definition) is 1. The van der Waals surface area contributed by atoms with Gasteiger partial charge in [-0.3, -0.25) is 4.98 Å². The van der Waals surface area contributed by atoms with E-state index in [1.54, 1.807) is 0 Å². The number of ether oxygens (including phenoxy) is 1. The van der Waals surface area contributed by atoms with Crippen molar-refractivity contribution in [1.29, 1.82) is 0 Å². The summed E-state index contributed by atoms with van der Waals surface area (Å²) >= 11 is 0. The standard InChI is InChI=1S/C15H11F2NO2/c16-13-3-4-15(12(7-13)2-1-5-19)20-10-11-6-14(17)9-18-8-11/h3-4,6-9,19H,5,10H2. The minimum absolute atomic E-state index is 0.0875. The minimum Gasteiger partial charge on any atom is -0.488 e. The summed E-state index contributed by atoms with van der Waals surface area (Å²) in [5.41, 5.74) is 0.874. The van der Waals surface area contributed by atoms with Gasteiger partial charge >= 0.3 is 0 Å². The zero-order valence-corrected chi connectivity index (χ0v) is 10.4. The van der Waals surface area contributed by atoms with E-state index in [9.17, 15) is 8.78 Å². The van der Waals surface area contributed by atoms with Crippen LogP contribution in [0.4, 0.5) is 8.78 Å². The highest BCUT2D eigenvalue weighted by Gasteiger charge is 2.04. The summed E-state index contributed by atoms with van der Waals surface area (Å²) in [5.74, 6) is 4.48. The summed E-state index contributed by atoms with van der Waals surface area (Å²) in [6.45, 7) is -0.242. The molecule has 0 amide bonds. The van der Waals surface area contributed by atoms with E-state index in [-0.39, 0.29) is 13.2 Å². The van der Waals surface area contributed by atoms with Crippen molar-refractivity contribution in [3.63, 3.8) is 0 Å². The summed E-state index contributed by atoms with van der Waals surface area (Å²) in [4.78, 5) is 3.71. The summed E-state index contributed by atoms with van der Waals surface area (Å²) in [6.07, 6.45) is 2.57. The molecule has 0 fully saturated rings. The van der Waals surface area contributed by atoms with Crippen LogP contribution in [0.2, 0.25) is 0 Å². The predicted octanol–water partition coefficient (Wildman–Crippen LogP) is 2.28. The Hall–Kier alpha value is -2.45. The number of halogens is 2. The van der Waals surface area contributed by atoms with E-state index in [1.807, 2.05) is 0 Å². The van der Waals surface area contributed by atoms with E-state index in [0.29, 0.717) is 16.9 Å². The van der Waals surface area contributed by atoms with Crippen LogP contribution in [0, 0.1) is 23.5 Å². The van der Waals surface area contributed by atoms with Crippen molar-refractivity contribution in [3.05, 3.63) is 59.4 Å². The first-order chi connectivity index (χ1) is 9.69. The van der Waals surface area contributed by atoms with Gasteiger partial charge in [0.25, 0.3) is 0 Å². The van der Waals surface area contributed by atoms with Gasteiger partial charge in [0.1, 0.15) is 30.6 Å². The molecule has 0 aliphatic carbocycles. The molecule has 0 aliphatic heterocycles. The largest absolute Gasteiger partial charge is 0.488 e. The zero-order valence-electron chi connectivity index (χ0n) is 10.4. The summed E-state index contributed by atoms with van der Waals surface area (Å²) in [7, 11) is 0. The fourth-order valence-electron chi connectivity index (χ4n) is 1.56. The number of nitrogens with zero attached hydrogens (tertiary/aromatic N) is 1. The Balaban J connectivity index is 2.16. The van der Waals surface area contributed by atoms with Crippen LogP contribution in [0.5, 0.6) is 5.75 Å². The average molecular weight is 275 g/mol. The van der Waals surface area contributed by atoms with Crippen molar-refractivity contribution in [2.24, 2.45) is 0 Å². The van der Waals surface area contributed by atoms with Crippen molar-refractivity contribution in [2.45, 2.75) is 6.61 Å². The molecular weight excluding hydrogens is 264 g/mol. The Morgan fingerprint density at radius 1 is 1.15 bits per heavy atom. The predicted molar refractivity (Wildman–Crippen MR) is 68.9 cm³/mol. The lowest BCUT2D eigenvalue weighted by atomic mass is 10.2. The van der Waals surface area contributed by atoms with Crippen LogP contribution in [-0.4, -0.2) is 16.7 Å². The highest BCUT2D eigenvalue weighted by atomic mass is 19.1. The Morgan fingerprint density at radius 2 is 2.00 bits per heavy atom. The van der Waals surface area contributed by atoms with Gasteiger partial charge in [-0.05, 0) is 24.3 Å². The van der Waals surface area contributed by atoms with Crippen LogP contribution < -0.4 is 4.74 Å². The molecule has 102 valence electrons. The van der Waals surface area contributed by atoms with Gasteiger partial charge in [-0.15, -0.1) is 0 Å². The second-order valence-electron chi connectivity index (χ2n) is 3.90. The van der Waals surface area contributed by atoms with Crippen molar-refractivity contribution in [3.8, 4) is 17.6 Å². The number of benzene rings is 1. The number of aliphatic hydroxyl groups is 1. The minimum atomic E-state index is -0.453. The molecule has 0 saturated heterocycles. The van der Waals surface area contributed by atoms with Crippen molar-refractivity contribution in [2.75, 3.05) is 6.61 Å². The maximum atomic E-state index is 13.1. The highest BCUT2D eigenvalue weighted by Crippen LogP contribution is 2.20. The fourth-order valence-corrected chi connectivity index (χ4v) is 1.56. The summed E-state index contributed by atoms with van der Waals surface area (Å²) in [6, 6.07) is 5.18. The monoisotopic (exact) mass is 275 g/mol. The van der Waals surface area contributed by atoms with E-state index in [1.165, 1.54) is 30.5 Å². The molecular formula is C15H11F2NO2. The van der Waals surface area contributed by atoms with E-state index >= 15 is 0 Å². The molecule has 2 rings (SSSR count). The molecule has 1 N–H and O–H groups in total. The van der Waals surface area contributed by atoms with Crippen molar-refractivity contribution in [1.82, 2.24) is 4.98 Å². The second-order valence-corrected chi connectivity index (χ2v) is 3.90. The molecule has 20 heavy (non-hydrogen) atoms. The Morgan fingerprint density at radius 3 is 2.75 bits per heavy atom. The smallest absolute Gasteiger partial charge is 0.141 e. The number of hydrogen-bond acceptors (Lipinski definition) is 3. The van der Waals surface area contributed by atoms with E-state index in [0.717, 1.165) is 6.20 Å². The number of aliphatic hydroxyl groups excluding tert-OH is 1. The van der Waals surface area contributed by atoms with E-state index < -0.39 is 11.6 Å². The first-order valence-electron chi connectivity index (χ1n) is 5.80. The maximum Gasteiger partial charge on any atom is 0.141 e. The lowest BCUT2D eigenvalue weighted by molar-refractivity contribution is 0.303. The SMILES string of the molecule is OCC#Cc1cc(F)ccc1OCc1cncc(F)c1. The molecule has 1 aromatic heterocycles. The second kappa shape index (κ2) is 6.64. The average Bonchev–Trinajstić information content (AvgIpc) is 2.44. The van der Waals surface area contributed by atoms with Crippen LogP contribution in [-0.2, 0) is 6.61 Å². The zero-order chi connectivity index (χ0) is 14.4. The molecule has 1 heterocycles. The van der Waals surface area contributed by atoms with Crippen molar-refractivity contribution >= 4 is 0 Å². The summed E-state index contributed by atoms with van der Waals surface area (Å²) in [5, 5.41) is 8.67. The Bertz CT molecular complexity index is 662. The molecule has 0 unspecified atom stereocenters. The Kier molecular flexibility index (Phi) is 4.64. The van der Waals surface area contributed by atoms with Gasteiger partial charge < -0.3 is 9.84 Å². The van der Waals surface area contributed by atoms with Crippen LogP contribution in [0.25, 0.3) is 0 Å². The lowest BCUT2D eigenvalue weighted by Crippen LogP contribution is -1.99. The molecule has 5 heteroatoms. The van der Waals surface area contributed by atoms with Gasteiger partial charge in [0.2, 0.25) is 0 Å². The number of aromatic nitrogens is 1. The van der Waals surface area contributed by atoms with Crippen LogP contribution in [0.1, 0.15) is 11.1 Å². The highest BCUT2D eigenvalue weighted by molar-refractivity contribution is 5.46. The third kappa shape index (κ3) is 3.77. The van der Waals surface area contributed by atoms with Crippen LogP contribution in [0.15, 0.2) is 36.7 Å². The van der Waals surface area contributed by atoms with Gasteiger partial charge in [-0.1, -0.05) is 11.8 Å². The molecule has 0 aliphatic rings. The van der Waals surface area contributed by atoms with Gasteiger partial charge in [-0.25, -0.2) is 8.78 Å². The summed E-state index contributed by atoms with van der Waals surface area (Å²) < 4.78 is 31.6. The van der Waals surface area contributed by atoms with E-state index in [4.69, 9.17) is 9.84 Å². The van der Waals surface area contributed by atoms with Crippen LogP contribution >= 0.6 is 0 Å². The lowest BCUT2D eigenvalue weighted by Gasteiger charge is -2.08. The normalized spacial score (nSPS) is 9.75. The fraction of sp³-hybridized carbons (Fsp3) is 0.133. The van der Waals surface area contributed by atoms with E-state index in [2.05, 4.69) is 16.8 Å². The van der Waals surface area contributed by atoms with Crippen LogP contribution in [0.3, 0.4) is 0 Å². The van der Waals surface area contributed by atoms with Gasteiger partial charge in [0.15, 0.2) is 0 Å². The molecule has 2 aromatic rings. The van der Waals surface area contributed by atoms with Gasteiger partial charge in [-0.2, -0.15) is 0 Å². The van der Waals surface area contributed by atoms with Gasteiger partial charge in [0.05, 0.1) is 11.8 Å². The van der Waals surface area contributed by atoms with Gasteiger partial charge in [0, 0.05) is 11.8 Å². The maximum absolute atomic E-state index is 13.1. The first-order valence-corrected chi connectivity index (χ1v) is 5.80. The van der Waals surface area contributed by atoms with Crippen molar-refractivity contribution < 1.29 is 18.6 Å². The molecule has 0 radical (unpaired) electrons. The molecule has 0 saturated carbocycles. The first kappa shape index (κ1) is 14.0. The molecule has 3 nitrogen and oxygen atoms in total. The number of rotatable bonds is 3. The number of pyridine rings is 1. The topological polar surface area (TPSA) is 42.4 Å². The molecule has 1 aromatic carbocycles. The third-order valence-electron chi connectivity index (χ3n) is 2.40. The molecule has 0 bridgehead atoms. The quantitative estimate of drug-likeness (QED) is 0.874. The molecule has 0 atom stereocenters.